The summed E-state index contributed by atoms with van der Waals surface area (Å²) in [5, 5.41) is 30.3. The molecule has 0 spiro atoms. The van der Waals surface area contributed by atoms with E-state index in [9.17, 15) is 15.3 Å². The van der Waals surface area contributed by atoms with Crippen LogP contribution in [0.25, 0.3) is 0 Å². The Morgan fingerprint density at radius 1 is 0.805 bits per heavy atom. The van der Waals surface area contributed by atoms with Crippen molar-refractivity contribution in [1.82, 2.24) is 4.98 Å². The van der Waals surface area contributed by atoms with Crippen molar-refractivity contribution in [3.05, 3.63) is 83.2 Å². The number of fused-ring (bicyclic) bond motifs is 4. The monoisotopic (exact) mass is 591 g/mol. The molecular weight excluding hydrogens is 551 g/mol. The number of aromatic nitrogens is 1. The Morgan fingerprint density at radius 3 is 2.10 bits per heavy atom. The van der Waals surface area contributed by atoms with Crippen molar-refractivity contribution >= 4 is 6.21 Å². The first kappa shape index (κ1) is 29.5. The van der Waals surface area contributed by atoms with Crippen LogP contribution in [-0.2, 0) is 27.5 Å². The molecule has 6 nitrogen and oxygen atoms in total. The quantitative estimate of drug-likeness (QED) is 0.207. The van der Waals surface area contributed by atoms with E-state index >= 15 is 0 Å². The van der Waals surface area contributed by atoms with Gasteiger partial charge in [-0.2, -0.15) is 0 Å². The van der Waals surface area contributed by atoms with E-state index < -0.39 is 0 Å². The molecule has 3 aromatic rings. The van der Waals surface area contributed by atoms with Crippen LogP contribution in [0.15, 0.2) is 65.8 Å². The second-order valence-corrected chi connectivity index (χ2v) is 12.2. The molecule has 215 valence electrons. The minimum absolute atomic E-state index is 0.123. The van der Waals surface area contributed by atoms with E-state index in [1.807, 2.05) is 36.4 Å². The molecule has 4 saturated carbocycles. The van der Waals surface area contributed by atoms with Gasteiger partial charge in [-0.15, -0.1) is 0 Å². The molecule has 0 saturated heterocycles. The minimum atomic E-state index is 0.123. The molecule has 0 radical (unpaired) electrons. The molecule has 3 N–H and O–H groups in total. The Bertz CT molecular complexity index is 1330. The van der Waals surface area contributed by atoms with E-state index in [0.717, 1.165) is 64.3 Å². The van der Waals surface area contributed by atoms with E-state index in [1.165, 1.54) is 56.9 Å². The molecule has 6 unspecified atom stereocenters. The molecule has 2 aromatic carbocycles. The number of pyridine rings is 1. The van der Waals surface area contributed by atoms with Crippen LogP contribution in [0.3, 0.4) is 0 Å². The molecule has 4 bridgehead atoms. The van der Waals surface area contributed by atoms with Crippen molar-refractivity contribution in [3.63, 3.8) is 0 Å². The zero-order chi connectivity index (χ0) is 28.8. The number of phenolic OH excluding ortho intramolecular Hbond substituents is 3. The Balaban J connectivity index is 0.000000161. The van der Waals surface area contributed by atoms with Crippen LogP contribution in [-0.4, -0.2) is 33.1 Å². The van der Waals surface area contributed by atoms with Gasteiger partial charge in [0, 0.05) is 42.2 Å². The van der Waals surface area contributed by atoms with Crippen molar-refractivity contribution in [3.8, 4) is 17.2 Å². The summed E-state index contributed by atoms with van der Waals surface area (Å²) in [5.41, 5.74) is 4.14. The summed E-state index contributed by atoms with van der Waals surface area (Å²) in [7, 11) is 0. The van der Waals surface area contributed by atoms with Crippen LogP contribution in [0.1, 0.15) is 85.6 Å². The second kappa shape index (κ2) is 13.8. The fourth-order valence-electron chi connectivity index (χ4n) is 7.92. The maximum absolute atomic E-state index is 10.4. The summed E-state index contributed by atoms with van der Waals surface area (Å²) >= 11 is 1.06. The van der Waals surface area contributed by atoms with Gasteiger partial charge >= 0.3 is 21.0 Å². The molecule has 0 aliphatic heterocycles. The predicted octanol–water partition coefficient (Wildman–Crippen LogP) is 7.23. The van der Waals surface area contributed by atoms with Crippen LogP contribution in [0, 0.1) is 23.7 Å². The summed E-state index contributed by atoms with van der Waals surface area (Å²) in [6, 6.07) is 17.1. The number of rotatable bonds is 6. The summed E-state index contributed by atoms with van der Waals surface area (Å²) in [4.78, 5) is 8.49. The molecule has 1 aromatic heterocycles. The van der Waals surface area contributed by atoms with Gasteiger partial charge in [0.1, 0.15) is 5.75 Å². The maximum atomic E-state index is 10.4. The third-order valence-electron chi connectivity index (χ3n) is 9.84. The zero-order valence-electron chi connectivity index (χ0n) is 23.5. The summed E-state index contributed by atoms with van der Waals surface area (Å²) in [6.45, 7) is 0.672. The summed E-state index contributed by atoms with van der Waals surface area (Å²) in [6.07, 6.45) is 15.0. The van der Waals surface area contributed by atoms with Crippen molar-refractivity contribution in [2.24, 2.45) is 28.7 Å². The summed E-state index contributed by atoms with van der Waals surface area (Å²) < 4.78 is 8.19. The Labute approximate surface area is 252 Å². The molecule has 4 aliphatic rings. The van der Waals surface area contributed by atoms with Gasteiger partial charge in [-0.05, 0) is 110 Å². The fraction of sp³-hybridized carbons (Fsp3) is 0.471. The third kappa shape index (κ3) is 6.93. The van der Waals surface area contributed by atoms with Crippen LogP contribution in [0.2, 0.25) is 0 Å². The number of para-hydroxylation sites is 1. The van der Waals surface area contributed by atoms with Gasteiger partial charge < -0.3 is 15.3 Å². The van der Waals surface area contributed by atoms with Gasteiger partial charge in [-0.25, -0.2) is 0 Å². The molecule has 4 aliphatic carbocycles. The average Bonchev–Trinajstić information content (AvgIpc) is 3.83. The number of aliphatic imine (C=N–C) groups is 1. The molecule has 1 heterocycles. The standard InChI is InChI=1S/C20H26O2.C14H14N2O.O.V/c21-19-10-15(16-7-11-1-3-13(16)5-11)9-18(20(19)22)17-8-12-2-4-14(17)6-12;17-14-7-2-1-5-12(14)11-15-10-8-13-6-3-4-9-16-13;;/h9-14,16-17,21-22H,1-8H2;1-7,9,11,17H,8,10H2;;. The van der Waals surface area contributed by atoms with Crippen molar-refractivity contribution in [1.29, 1.82) is 0 Å². The molecule has 4 fully saturated rings. The van der Waals surface area contributed by atoms with Gasteiger partial charge in [-0.3, -0.25) is 9.98 Å². The summed E-state index contributed by atoms with van der Waals surface area (Å²) in [5.74, 6) is 5.01. The number of benzene rings is 2. The van der Waals surface area contributed by atoms with Gasteiger partial charge in [-0.1, -0.05) is 37.1 Å². The number of aromatic hydroxyl groups is 3. The number of nitrogens with zero attached hydrogens (tertiary/aromatic N) is 2. The number of phenols is 3. The Hall–Kier alpha value is -2.96. The molecule has 41 heavy (non-hydrogen) atoms. The topological polar surface area (TPSA) is 103 Å². The zero-order valence-corrected chi connectivity index (χ0v) is 24.9. The SMILES string of the molecule is Oc1cc(C2CC3CCC2C3)cc(C2CC3CCC2C3)c1O.Oc1ccccc1C=NCCc1ccccn1.[O]=[V]. The van der Waals surface area contributed by atoms with Gasteiger partial charge in [0.15, 0.2) is 11.5 Å². The second-order valence-electron chi connectivity index (χ2n) is 12.2. The van der Waals surface area contributed by atoms with Crippen LogP contribution in [0.5, 0.6) is 17.2 Å². The first-order chi connectivity index (χ1) is 20.0. The van der Waals surface area contributed by atoms with Gasteiger partial charge in [0.25, 0.3) is 0 Å². The molecule has 7 heteroatoms. The normalized spacial score (nSPS) is 27.3. The molecular formula is C34H40N2O4V. The average molecular weight is 592 g/mol. The molecule has 0 amide bonds. The predicted molar refractivity (Wildman–Crippen MR) is 155 cm³/mol. The first-order valence-corrected chi connectivity index (χ1v) is 15.5. The Morgan fingerprint density at radius 2 is 1.49 bits per heavy atom. The third-order valence-corrected chi connectivity index (χ3v) is 9.84. The van der Waals surface area contributed by atoms with E-state index in [2.05, 4.69) is 16.0 Å². The van der Waals surface area contributed by atoms with Crippen molar-refractivity contribution in [2.75, 3.05) is 6.54 Å². The van der Waals surface area contributed by atoms with Crippen LogP contribution >= 0.6 is 0 Å². The van der Waals surface area contributed by atoms with Crippen LogP contribution < -0.4 is 0 Å². The van der Waals surface area contributed by atoms with E-state index in [4.69, 9.17) is 3.67 Å². The Kier molecular flexibility index (Phi) is 9.94. The van der Waals surface area contributed by atoms with Crippen LogP contribution in [0.4, 0.5) is 0 Å². The fourth-order valence-corrected chi connectivity index (χ4v) is 7.92. The van der Waals surface area contributed by atoms with E-state index in [-0.39, 0.29) is 17.2 Å². The first-order valence-electron chi connectivity index (χ1n) is 15.0. The van der Waals surface area contributed by atoms with Crippen molar-refractivity contribution in [2.45, 2.75) is 69.6 Å². The van der Waals surface area contributed by atoms with Gasteiger partial charge in [0.2, 0.25) is 0 Å². The van der Waals surface area contributed by atoms with E-state index in [0.29, 0.717) is 18.4 Å². The molecule has 6 atom stereocenters. The molecule has 7 rings (SSSR count). The van der Waals surface area contributed by atoms with E-state index in [1.54, 1.807) is 24.5 Å². The van der Waals surface area contributed by atoms with Gasteiger partial charge in [0.05, 0.1) is 0 Å². The van der Waals surface area contributed by atoms with Crippen molar-refractivity contribution < 1.29 is 36.4 Å². The number of hydrogen-bond donors (Lipinski definition) is 3. The number of hydrogen-bond acceptors (Lipinski definition) is 6.